The van der Waals surface area contributed by atoms with E-state index in [1.54, 1.807) is 29.2 Å². The third-order valence-electron chi connectivity index (χ3n) is 7.67. The molecule has 0 spiro atoms. The van der Waals surface area contributed by atoms with Crippen LogP contribution >= 0.6 is 0 Å². The van der Waals surface area contributed by atoms with Gasteiger partial charge in [0, 0.05) is 44.2 Å². The number of piperidine rings is 1. The first kappa shape index (κ1) is 28.1. The van der Waals surface area contributed by atoms with E-state index in [-0.39, 0.29) is 41.3 Å². The highest BCUT2D eigenvalue weighted by Gasteiger charge is 2.27. The minimum absolute atomic E-state index is 0.0147. The number of benzene rings is 2. The molecule has 0 atom stereocenters. The molecule has 2 fully saturated rings. The highest BCUT2D eigenvalue weighted by molar-refractivity contribution is 5.96. The van der Waals surface area contributed by atoms with Gasteiger partial charge in [-0.3, -0.25) is 14.6 Å². The Hall–Kier alpha value is -4.45. The monoisotopic (exact) mass is 556 g/mol. The number of amides is 2. The lowest BCUT2D eigenvalue weighted by atomic mass is 9.92. The van der Waals surface area contributed by atoms with Crippen molar-refractivity contribution in [3.63, 3.8) is 0 Å². The Morgan fingerprint density at radius 1 is 0.927 bits per heavy atom. The Labute approximate surface area is 239 Å². The molecular formula is C32H33FN4O4. The minimum Gasteiger partial charge on any atom is -0.490 e. The summed E-state index contributed by atoms with van der Waals surface area (Å²) in [5.41, 5.74) is 1.89. The lowest BCUT2D eigenvalue weighted by Gasteiger charge is -2.32. The van der Waals surface area contributed by atoms with E-state index >= 15 is 0 Å². The molecule has 1 aliphatic heterocycles. The quantitative estimate of drug-likeness (QED) is 0.429. The Bertz CT molecular complexity index is 1410. The van der Waals surface area contributed by atoms with Crippen molar-refractivity contribution in [1.29, 1.82) is 5.26 Å². The number of hydrogen-bond donors (Lipinski definition) is 1. The van der Waals surface area contributed by atoms with E-state index in [1.165, 1.54) is 23.9 Å². The minimum atomic E-state index is -0.598. The average molecular weight is 557 g/mol. The van der Waals surface area contributed by atoms with Crippen molar-refractivity contribution in [2.75, 3.05) is 13.1 Å². The van der Waals surface area contributed by atoms with Gasteiger partial charge in [0.25, 0.3) is 11.8 Å². The molecule has 9 heteroatoms. The van der Waals surface area contributed by atoms with Crippen molar-refractivity contribution in [2.24, 2.45) is 0 Å². The van der Waals surface area contributed by atoms with Gasteiger partial charge in [0.05, 0.1) is 17.2 Å². The molecular weight excluding hydrogens is 523 g/mol. The number of nitriles is 1. The Morgan fingerprint density at radius 2 is 1.59 bits per heavy atom. The number of rotatable bonds is 7. The zero-order valence-corrected chi connectivity index (χ0v) is 23.0. The maximum atomic E-state index is 13.8. The number of likely N-dealkylation sites (tertiary alicyclic amines) is 1. The number of hydrogen-bond acceptors (Lipinski definition) is 6. The molecule has 0 bridgehead atoms. The fraction of sp³-hybridized carbons (Fsp3) is 0.375. The molecule has 1 aromatic heterocycles. The van der Waals surface area contributed by atoms with Crippen LogP contribution in [0.25, 0.3) is 0 Å². The van der Waals surface area contributed by atoms with Gasteiger partial charge in [-0.15, -0.1) is 0 Å². The van der Waals surface area contributed by atoms with E-state index in [1.807, 2.05) is 31.2 Å². The second-order valence-corrected chi connectivity index (χ2v) is 10.7. The highest BCUT2D eigenvalue weighted by Crippen LogP contribution is 2.26. The number of aryl methyl sites for hydroxylation is 1. The first-order valence-electron chi connectivity index (χ1n) is 14.0. The van der Waals surface area contributed by atoms with Gasteiger partial charge in [0.15, 0.2) is 0 Å². The van der Waals surface area contributed by atoms with Gasteiger partial charge < -0.3 is 19.7 Å². The number of aromatic nitrogens is 1. The molecule has 1 aliphatic carbocycles. The lowest BCUT2D eigenvalue weighted by Crippen LogP contribution is -2.42. The van der Waals surface area contributed by atoms with Crippen LogP contribution in [-0.4, -0.2) is 53.0 Å². The number of halogens is 1. The van der Waals surface area contributed by atoms with Gasteiger partial charge >= 0.3 is 0 Å². The van der Waals surface area contributed by atoms with E-state index in [0.717, 1.165) is 31.4 Å². The van der Waals surface area contributed by atoms with Gasteiger partial charge in [-0.2, -0.15) is 5.26 Å². The van der Waals surface area contributed by atoms with Crippen LogP contribution in [0.4, 0.5) is 4.39 Å². The SMILES string of the molecule is Cc1ccc(OC2CCN(C(=O)c3ccc(C(=O)N[C@H]4CC[C@@H](Oc5ccc(C#N)c(F)c5)CC4)nc3)CC2)cc1. The van der Waals surface area contributed by atoms with E-state index in [4.69, 9.17) is 14.7 Å². The molecule has 1 saturated carbocycles. The lowest BCUT2D eigenvalue weighted by molar-refractivity contribution is 0.0594. The normalized spacial score (nSPS) is 19.2. The van der Waals surface area contributed by atoms with Gasteiger partial charge in [-0.1, -0.05) is 17.7 Å². The maximum Gasteiger partial charge on any atom is 0.270 e. The second-order valence-electron chi connectivity index (χ2n) is 10.7. The number of ether oxygens (including phenoxy) is 2. The molecule has 2 amide bonds. The van der Waals surface area contributed by atoms with E-state index < -0.39 is 5.82 Å². The molecule has 41 heavy (non-hydrogen) atoms. The van der Waals surface area contributed by atoms with Crippen LogP contribution in [0.1, 0.15) is 70.5 Å². The van der Waals surface area contributed by atoms with Crippen molar-refractivity contribution >= 4 is 11.8 Å². The largest absolute Gasteiger partial charge is 0.490 e. The molecule has 5 rings (SSSR count). The van der Waals surface area contributed by atoms with Crippen LogP contribution in [0.3, 0.4) is 0 Å². The summed E-state index contributed by atoms with van der Waals surface area (Å²) in [7, 11) is 0. The predicted octanol–water partition coefficient (Wildman–Crippen LogP) is 5.20. The van der Waals surface area contributed by atoms with Crippen LogP contribution in [0.15, 0.2) is 60.8 Å². The number of pyridine rings is 1. The fourth-order valence-corrected chi connectivity index (χ4v) is 5.26. The van der Waals surface area contributed by atoms with Crippen molar-refractivity contribution in [2.45, 2.75) is 63.7 Å². The topological polar surface area (TPSA) is 105 Å². The average Bonchev–Trinajstić information content (AvgIpc) is 2.99. The third kappa shape index (κ3) is 7.20. The molecule has 212 valence electrons. The van der Waals surface area contributed by atoms with E-state index in [2.05, 4.69) is 10.3 Å². The van der Waals surface area contributed by atoms with Crippen LogP contribution in [-0.2, 0) is 0 Å². The first-order valence-corrected chi connectivity index (χ1v) is 14.0. The zero-order valence-electron chi connectivity index (χ0n) is 23.0. The van der Waals surface area contributed by atoms with E-state index in [9.17, 15) is 14.0 Å². The zero-order chi connectivity index (χ0) is 28.8. The van der Waals surface area contributed by atoms with Crippen molar-refractivity contribution in [1.82, 2.24) is 15.2 Å². The smallest absolute Gasteiger partial charge is 0.270 e. The third-order valence-corrected chi connectivity index (χ3v) is 7.67. The molecule has 8 nitrogen and oxygen atoms in total. The molecule has 2 heterocycles. The molecule has 3 aromatic rings. The number of nitrogens with one attached hydrogen (secondary N) is 1. The fourth-order valence-electron chi connectivity index (χ4n) is 5.26. The summed E-state index contributed by atoms with van der Waals surface area (Å²) in [5, 5.41) is 11.9. The van der Waals surface area contributed by atoms with Crippen LogP contribution in [0.5, 0.6) is 11.5 Å². The molecule has 2 aliphatic rings. The van der Waals surface area contributed by atoms with Crippen LogP contribution in [0, 0.1) is 24.1 Å². The predicted molar refractivity (Wildman–Crippen MR) is 150 cm³/mol. The Morgan fingerprint density at radius 3 is 2.22 bits per heavy atom. The summed E-state index contributed by atoms with van der Waals surface area (Å²) in [6.45, 7) is 3.24. The van der Waals surface area contributed by atoms with Gasteiger partial charge in [-0.05, 0) is 69.0 Å². The summed E-state index contributed by atoms with van der Waals surface area (Å²) in [6.07, 6.45) is 5.82. The summed E-state index contributed by atoms with van der Waals surface area (Å²) in [6, 6.07) is 17.2. The van der Waals surface area contributed by atoms with Gasteiger partial charge in [-0.25, -0.2) is 4.39 Å². The summed E-state index contributed by atoms with van der Waals surface area (Å²) < 4.78 is 25.8. The first-order chi connectivity index (χ1) is 19.9. The Kier molecular flexibility index (Phi) is 8.78. The number of carbonyl (C=O) groups is 2. The summed E-state index contributed by atoms with van der Waals surface area (Å²) in [5.74, 6) is 0.266. The molecule has 0 unspecified atom stereocenters. The van der Waals surface area contributed by atoms with Crippen molar-refractivity contribution in [3.05, 3.63) is 89.0 Å². The maximum absolute atomic E-state index is 13.8. The Balaban J connectivity index is 1.05. The second kappa shape index (κ2) is 12.8. The van der Waals surface area contributed by atoms with Crippen LogP contribution in [0.2, 0.25) is 0 Å². The standard InChI is InChI=1S/C32H33FN4O4/c1-21-2-8-25(9-3-21)40-27-14-16-37(17-15-27)32(39)23-5-13-30(35-20-23)31(38)36-24-6-11-26(12-7-24)41-28-10-4-22(19-34)29(33)18-28/h2-5,8-10,13,18,20,24,26-27H,6-7,11-12,14-17H2,1H3,(H,36,38)/t24-,26+. The highest BCUT2D eigenvalue weighted by atomic mass is 19.1. The molecule has 2 aromatic carbocycles. The molecule has 1 N–H and O–H groups in total. The van der Waals surface area contributed by atoms with Crippen molar-refractivity contribution in [3.8, 4) is 17.6 Å². The summed E-state index contributed by atoms with van der Waals surface area (Å²) >= 11 is 0. The molecule has 1 saturated heterocycles. The van der Waals surface area contributed by atoms with Crippen LogP contribution < -0.4 is 14.8 Å². The van der Waals surface area contributed by atoms with Gasteiger partial charge in [0.2, 0.25) is 0 Å². The van der Waals surface area contributed by atoms with E-state index in [0.29, 0.717) is 37.2 Å². The van der Waals surface area contributed by atoms with Gasteiger partial charge in [0.1, 0.15) is 35.2 Å². The summed E-state index contributed by atoms with van der Waals surface area (Å²) in [4.78, 5) is 31.9. The number of nitrogens with zero attached hydrogens (tertiary/aromatic N) is 3. The van der Waals surface area contributed by atoms with Crippen molar-refractivity contribution < 1.29 is 23.5 Å². The molecule has 0 radical (unpaired) electrons. The number of carbonyl (C=O) groups excluding carboxylic acids is 2.